The Hall–Kier alpha value is -1.55. The molecule has 1 heterocycles. The van der Waals surface area contributed by atoms with Gasteiger partial charge >= 0.3 is 0 Å². The van der Waals surface area contributed by atoms with Crippen LogP contribution in [0.3, 0.4) is 0 Å². The van der Waals surface area contributed by atoms with Crippen LogP contribution in [0.1, 0.15) is 35.3 Å². The first-order valence-electron chi connectivity index (χ1n) is 6.18. The lowest BCUT2D eigenvalue weighted by Crippen LogP contribution is -2.08. The van der Waals surface area contributed by atoms with E-state index in [4.69, 9.17) is 5.73 Å². The van der Waals surface area contributed by atoms with Gasteiger partial charge in [0.15, 0.2) is 0 Å². The average molecular weight is 261 g/mol. The minimum absolute atomic E-state index is 0.204. The SMILES string of the molecule is CCc1cnc(C(C)Nc2cccc(N)c2C)s1. The van der Waals surface area contributed by atoms with Crippen molar-refractivity contribution in [2.24, 2.45) is 0 Å². The van der Waals surface area contributed by atoms with Crippen molar-refractivity contribution in [3.8, 4) is 0 Å². The molecule has 3 N–H and O–H groups in total. The molecular weight excluding hydrogens is 242 g/mol. The molecule has 3 nitrogen and oxygen atoms in total. The second kappa shape index (κ2) is 5.40. The molecule has 1 aromatic heterocycles. The zero-order chi connectivity index (χ0) is 13.1. The number of nitrogen functional groups attached to an aromatic ring is 1. The number of aryl methyl sites for hydroxylation is 1. The standard InChI is InChI=1S/C14H19N3S/c1-4-11-8-16-14(18-11)10(3)17-13-7-5-6-12(15)9(13)2/h5-8,10,17H,4,15H2,1-3H3. The van der Waals surface area contributed by atoms with Gasteiger partial charge in [-0.2, -0.15) is 0 Å². The Labute approximate surface area is 112 Å². The highest BCUT2D eigenvalue weighted by molar-refractivity contribution is 7.11. The number of hydrogen-bond donors (Lipinski definition) is 2. The fraction of sp³-hybridized carbons (Fsp3) is 0.357. The number of hydrogen-bond acceptors (Lipinski definition) is 4. The van der Waals surface area contributed by atoms with Crippen molar-refractivity contribution >= 4 is 22.7 Å². The van der Waals surface area contributed by atoms with Gasteiger partial charge in [0.1, 0.15) is 5.01 Å². The Bertz CT molecular complexity index is 534. The molecule has 4 heteroatoms. The molecule has 2 aromatic rings. The molecule has 2 rings (SSSR count). The van der Waals surface area contributed by atoms with Gasteiger partial charge < -0.3 is 11.1 Å². The summed E-state index contributed by atoms with van der Waals surface area (Å²) in [5, 5.41) is 4.59. The lowest BCUT2D eigenvalue weighted by molar-refractivity contribution is 0.868. The van der Waals surface area contributed by atoms with Gasteiger partial charge in [0.2, 0.25) is 0 Å². The minimum atomic E-state index is 0.204. The number of benzene rings is 1. The number of rotatable bonds is 4. The molecule has 1 unspecified atom stereocenters. The summed E-state index contributed by atoms with van der Waals surface area (Å²) >= 11 is 1.77. The van der Waals surface area contributed by atoms with E-state index in [0.717, 1.165) is 28.4 Å². The molecule has 0 fully saturated rings. The molecule has 0 spiro atoms. The fourth-order valence-electron chi connectivity index (χ4n) is 1.79. The van der Waals surface area contributed by atoms with Gasteiger partial charge in [-0.1, -0.05) is 13.0 Å². The molecule has 0 aliphatic rings. The minimum Gasteiger partial charge on any atom is -0.398 e. The van der Waals surface area contributed by atoms with Crippen LogP contribution < -0.4 is 11.1 Å². The van der Waals surface area contributed by atoms with Crippen LogP contribution in [0, 0.1) is 6.92 Å². The molecule has 0 saturated carbocycles. The summed E-state index contributed by atoms with van der Waals surface area (Å²) < 4.78 is 0. The summed E-state index contributed by atoms with van der Waals surface area (Å²) in [6.07, 6.45) is 3.01. The number of nitrogens with one attached hydrogen (secondary N) is 1. The maximum absolute atomic E-state index is 5.91. The normalized spacial score (nSPS) is 12.4. The maximum atomic E-state index is 5.91. The number of nitrogens with zero attached hydrogens (tertiary/aromatic N) is 1. The third-order valence-electron chi connectivity index (χ3n) is 3.04. The first kappa shape index (κ1) is 12.9. The van der Waals surface area contributed by atoms with Gasteiger partial charge in [0.05, 0.1) is 6.04 Å². The molecule has 0 bridgehead atoms. The third kappa shape index (κ3) is 2.64. The fourth-order valence-corrected chi connectivity index (χ4v) is 2.65. The Kier molecular flexibility index (Phi) is 3.87. The molecule has 0 aliphatic heterocycles. The molecule has 96 valence electrons. The second-order valence-corrected chi connectivity index (χ2v) is 5.55. The van der Waals surface area contributed by atoms with Crippen molar-refractivity contribution in [3.63, 3.8) is 0 Å². The van der Waals surface area contributed by atoms with Crippen LogP contribution in [0.25, 0.3) is 0 Å². The predicted molar refractivity (Wildman–Crippen MR) is 79.1 cm³/mol. The van der Waals surface area contributed by atoms with Crippen LogP contribution in [-0.4, -0.2) is 4.98 Å². The number of thiazole rings is 1. The van der Waals surface area contributed by atoms with Crippen molar-refractivity contribution in [2.45, 2.75) is 33.2 Å². The van der Waals surface area contributed by atoms with E-state index in [1.807, 2.05) is 25.3 Å². The van der Waals surface area contributed by atoms with Gasteiger partial charge in [-0.3, -0.25) is 0 Å². The average Bonchev–Trinajstić information content (AvgIpc) is 2.83. The Morgan fingerprint density at radius 1 is 1.44 bits per heavy atom. The zero-order valence-electron chi connectivity index (χ0n) is 11.0. The van der Waals surface area contributed by atoms with Gasteiger partial charge in [-0.15, -0.1) is 11.3 Å². The van der Waals surface area contributed by atoms with Crippen molar-refractivity contribution in [1.29, 1.82) is 0 Å². The molecule has 1 atom stereocenters. The Morgan fingerprint density at radius 3 is 2.89 bits per heavy atom. The summed E-state index contributed by atoms with van der Waals surface area (Å²) in [5.41, 5.74) is 8.90. The van der Waals surface area contributed by atoms with Gasteiger partial charge in [0.25, 0.3) is 0 Å². The highest BCUT2D eigenvalue weighted by Crippen LogP contribution is 2.27. The van der Waals surface area contributed by atoms with Crippen molar-refractivity contribution in [2.75, 3.05) is 11.1 Å². The first-order chi connectivity index (χ1) is 8.61. The van der Waals surface area contributed by atoms with Crippen LogP contribution in [0.15, 0.2) is 24.4 Å². The summed E-state index contributed by atoms with van der Waals surface area (Å²) in [5.74, 6) is 0. The van der Waals surface area contributed by atoms with E-state index in [2.05, 4.69) is 30.2 Å². The molecule has 1 aromatic carbocycles. The molecule has 18 heavy (non-hydrogen) atoms. The molecular formula is C14H19N3S. The van der Waals surface area contributed by atoms with Crippen LogP contribution in [0.5, 0.6) is 0 Å². The quantitative estimate of drug-likeness (QED) is 0.824. The van der Waals surface area contributed by atoms with Crippen LogP contribution >= 0.6 is 11.3 Å². The van der Waals surface area contributed by atoms with E-state index >= 15 is 0 Å². The van der Waals surface area contributed by atoms with E-state index < -0.39 is 0 Å². The van der Waals surface area contributed by atoms with Crippen molar-refractivity contribution in [3.05, 3.63) is 39.8 Å². The molecule has 0 amide bonds. The summed E-state index contributed by atoms with van der Waals surface area (Å²) in [7, 11) is 0. The number of anilines is 2. The largest absolute Gasteiger partial charge is 0.398 e. The Balaban J connectivity index is 2.15. The monoisotopic (exact) mass is 261 g/mol. The van der Waals surface area contributed by atoms with Crippen molar-refractivity contribution < 1.29 is 0 Å². The van der Waals surface area contributed by atoms with Crippen molar-refractivity contribution in [1.82, 2.24) is 4.98 Å². The van der Waals surface area contributed by atoms with Crippen LogP contribution in [0.2, 0.25) is 0 Å². The van der Waals surface area contributed by atoms with Crippen LogP contribution in [0.4, 0.5) is 11.4 Å². The number of aromatic nitrogens is 1. The van der Waals surface area contributed by atoms with E-state index in [0.29, 0.717) is 0 Å². The topological polar surface area (TPSA) is 50.9 Å². The van der Waals surface area contributed by atoms with E-state index in [-0.39, 0.29) is 6.04 Å². The lowest BCUT2D eigenvalue weighted by atomic mass is 10.1. The first-order valence-corrected chi connectivity index (χ1v) is 6.99. The summed E-state index contributed by atoms with van der Waals surface area (Å²) in [4.78, 5) is 5.78. The van der Waals surface area contributed by atoms with E-state index in [1.54, 1.807) is 11.3 Å². The van der Waals surface area contributed by atoms with Crippen LogP contribution in [-0.2, 0) is 6.42 Å². The predicted octanol–water partition coefficient (Wildman–Crippen LogP) is 3.77. The summed E-state index contributed by atoms with van der Waals surface area (Å²) in [6, 6.07) is 6.15. The number of nitrogens with two attached hydrogens (primary N) is 1. The highest BCUT2D eigenvalue weighted by atomic mass is 32.1. The van der Waals surface area contributed by atoms with Gasteiger partial charge in [-0.05, 0) is 38.0 Å². The highest BCUT2D eigenvalue weighted by Gasteiger charge is 2.11. The second-order valence-electron chi connectivity index (χ2n) is 4.40. The molecule has 0 aliphatic carbocycles. The van der Waals surface area contributed by atoms with E-state index in [1.165, 1.54) is 4.88 Å². The summed E-state index contributed by atoms with van der Waals surface area (Å²) in [6.45, 7) is 6.31. The van der Waals surface area contributed by atoms with Gasteiger partial charge in [-0.25, -0.2) is 4.98 Å². The smallest absolute Gasteiger partial charge is 0.115 e. The lowest BCUT2D eigenvalue weighted by Gasteiger charge is -2.15. The molecule has 0 saturated heterocycles. The third-order valence-corrected chi connectivity index (χ3v) is 4.36. The Morgan fingerprint density at radius 2 is 2.22 bits per heavy atom. The van der Waals surface area contributed by atoms with E-state index in [9.17, 15) is 0 Å². The van der Waals surface area contributed by atoms with Gasteiger partial charge in [0, 0.05) is 22.4 Å². The maximum Gasteiger partial charge on any atom is 0.115 e. The zero-order valence-corrected chi connectivity index (χ0v) is 11.8. The molecule has 0 radical (unpaired) electrons.